The van der Waals surface area contributed by atoms with E-state index in [9.17, 15) is 13.2 Å². The summed E-state index contributed by atoms with van der Waals surface area (Å²) in [6.45, 7) is 6.67. The van der Waals surface area contributed by atoms with Crippen LogP contribution in [0, 0.1) is 13.8 Å². The number of aryl methyl sites for hydroxylation is 2. The number of carbonyl (C=O) groups is 1. The highest BCUT2D eigenvalue weighted by molar-refractivity contribution is 7.89. The Hall–Kier alpha value is -2.59. The fourth-order valence-corrected chi connectivity index (χ4v) is 5.06. The van der Waals surface area contributed by atoms with Crippen LogP contribution in [0.15, 0.2) is 29.2 Å². The maximum absolute atomic E-state index is 12.9. The van der Waals surface area contributed by atoms with Crippen LogP contribution in [-0.4, -0.2) is 73.1 Å². The molecule has 0 atom stereocenters. The van der Waals surface area contributed by atoms with Gasteiger partial charge < -0.3 is 14.4 Å². The number of sulfonamides is 1. The second-order valence-electron chi connectivity index (χ2n) is 6.72. The molecule has 1 aliphatic heterocycles. The van der Waals surface area contributed by atoms with E-state index >= 15 is 0 Å². The molecule has 0 radical (unpaired) electrons. The van der Waals surface area contributed by atoms with Crippen molar-refractivity contribution >= 4 is 15.9 Å². The van der Waals surface area contributed by atoms with Crippen LogP contribution in [-0.2, 0) is 14.8 Å². The summed E-state index contributed by atoms with van der Waals surface area (Å²) in [5.41, 5.74) is 0.963. The smallest absolute Gasteiger partial charge is 0.260 e. The Balaban J connectivity index is 1.57. The van der Waals surface area contributed by atoms with Gasteiger partial charge >= 0.3 is 0 Å². The molecule has 2 aromatic rings. The summed E-state index contributed by atoms with van der Waals surface area (Å²) in [7, 11) is -3.64. The van der Waals surface area contributed by atoms with E-state index in [-0.39, 0.29) is 30.5 Å². The van der Waals surface area contributed by atoms with Crippen LogP contribution in [0.2, 0.25) is 0 Å². The van der Waals surface area contributed by atoms with Crippen LogP contribution in [0.4, 0.5) is 0 Å². The van der Waals surface area contributed by atoms with Gasteiger partial charge in [0.25, 0.3) is 5.91 Å². The van der Waals surface area contributed by atoms with Crippen molar-refractivity contribution in [2.75, 3.05) is 39.4 Å². The van der Waals surface area contributed by atoms with Crippen LogP contribution in [0.5, 0.6) is 11.5 Å². The molecule has 10 heteroatoms. The van der Waals surface area contributed by atoms with Crippen molar-refractivity contribution in [3.8, 4) is 11.5 Å². The minimum absolute atomic E-state index is 0.128. The third-order valence-electron chi connectivity index (χ3n) is 4.75. The molecule has 1 saturated heterocycles. The number of nitrogens with zero attached hydrogens (tertiary/aromatic N) is 3. The molecular weight excluding hydrogens is 396 g/mol. The summed E-state index contributed by atoms with van der Waals surface area (Å²) in [6, 6.07) is 7.18. The number of hydrogen-bond donors (Lipinski definition) is 1. The number of rotatable bonds is 7. The zero-order chi connectivity index (χ0) is 21.0. The fraction of sp³-hybridized carbons (Fsp3) is 0.474. The number of ether oxygens (including phenoxy) is 2. The van der Waals surface area contributed by atoms with Gasteiger partial charge in [0.2, 0.25) is 10.0 Å². The SMILES string of the molecule is CCOc1ccccc1OCC(=O)N1CCN(S(=O)(=O)c2c(C)n[nH]c2C)CC1. The predicted molar refractivity (Wildman–Crippen MR) is 107 cm³/mol. The van der Waals surface area contributed by atoms with Gasteiger partial charge in [-0.3, -0.25) is 9.89 Å². The molecule has 1 aromatic heterocycles. The normalized spacial score (nSPS) is 15.3. The van der Waals surface area contributed by atoms with Gasteiger partial charge in [-0.2, -0.15) is 9.40 Å². The van der Waals surface area contributed by atoms with Gasteiger partial charge in [-0.15, -0.1) is 0 Å². The molecule has 0 unspecified atom stereocenters. The zero-order valence-corrected chi connectivity index (χ0v) is 17.7. The molecule has 1 aromatic carbocycles. The molecule has 158 valence electrons. The quantitative estimate of drug-likeness (QED) is 0.722. The van der Waals surface area contributed by atoms with Crippen molar-refractivity contribution < 1.29 is 22.7 Å². The summed E-state index contributed by atoms with van der Waals surface area (Å²) in [6.07, 6.45) is 0. The predicted octanol–water partition coefficient (Wildman–Crippen LogP) is 1.34. The number of nitrogens with one attached hydrogen (secondary N) is 1. The van der Waals surface area contributed by atoms with Crippen molar-refractivity contribution in [1.82, 2.24) is 19.4 Å². The summed E-state index contributed by atoms with van der Waals surface area (Å²) in [5, 5.41) is 6.68. The first-order valence-corrected chi connectivity index (χ1v) is 10.9. The second kappa shape index (κ2) is 8.83. The lowest BCUT2D eigenvalue weighted by Crippen LogP contribution is -2.51. The lowest BCUT2D eigenvalue weighted by atomic mass is 10.3. The van der Waals surface area contributed by atoms with Crippen molar-refractivity contribution in [2.24, 2.45) is 0 Å². The lowest BCUT2D eigenvalue weighted by molar-refractivity contribution is -0.134. The Kier molecular flexibility index (Phi) is 6.43. The minimum atomic E-state index is -3.64. The topological polar surface area (TPSA) is 105 Å². The molecule has 1 aliphatic rings. The number of hydrogen-bond acceptors (Lipinski definition) is 6. The van der Waals surface area contributed by atoms with Gasteiger partial charge in [0.05, 0.1) is 18.0 Å². The van der Waals surface area contributed by atoms with E-state index in [0.717, 1.165) is 0 Å². The molecule has 0 saturated carbocycles. The highest BCUT2D eigenvalue weighted by atomic mass is 32.2. The van der Waals surface area contributed by atoms with Gasteiger partial charge in [-0.25, -0.2) is 8.42 Å². The first-order chi connectivity index (χ1) is 13.8. The molecule has 1 N–H and O–H groups in total. The zero-order valence-electron chi connectivity index (χ0n) is 16.8. The van der Waals surface area contributed by atoms with Gasteiger partial charge in [-0.05, 0) is 32.9 Å². The summed E-state index contributed by atoms with van der Waals surface area (Å²) >= 11 is 0. The van der Waals surface area contributed by atoms with Crippen LogP contribution in [0.1, 0.15) is 18.3 Å². The average Bonchev–Trinajstić information content (AvgIpc) is 3.06. The van der Waals surface area contributed by atoms with E-state index in [1.807, 2.05) is 19.1 Å². The molecule has 29 heavy (non-hydrogen) atoms. The van der Waals surface area contributed by atoms with Gasteiger partial charge in [-0.1, -0.05) is 12.1 Å². The van der Waals surface area contributed by atoms with Crippen LogP contribution < -0.4 is 9.47 Å². The monoisotopic (exact) mass is 422 g/mol. The highest BCUT2D eigenvalue weighted by Gasteiger charge is 2.33. The first-order valence-electron chi connectivity index (χ1n) is 9.48. The van der Waals surface area contributed by atoms with Crippen molar-refractivity contribution in [1.29, 1.82) is 0 Å². The van der Waals surface area contributed by atoms with Crippen LogP contribution in [0.3, 0.4) is 0 Å². The van der Waals surface area contributed by atoms with Gasteiger partial charge in [0.15, 0.2) is 18.1 Å². The van der Waals surface area contributed by atoms with Gasteiger partial charge in [0, 0.05) is 26.2 Å². The number of benzene rings is 1. The Bertz CT molecular complexity index is 945. The van der Waals surface area contributed by atoms with E-state index in [2.05, 4.69) is 10.2 Å². The number of piperazine rings is 1. The summed E-state index contributed by atoms with van der Waals surface area (Å²) < 4.78 is 38.3. The van der Waals surface area contributed by atoms with E-state index in [1.165, 1.54) is 4.31 Å². The molecule has 0 bridgehead atoms. The number of aromatic amines is 1. The Morgan fingerprint density at radius 3 is 2.28 bits per heavy atom. The lowest BCUT2D eigenvalue weighted by Gasteiger charge is -2.34. The largest absolute Gasteiger partial charge is 0.490 e. The van der Waals surface area contributed by atoms with Gasteiger partial charge in [0.1, 0.15) is 4.90 Å². The van der Waals surface area contributed by atoms with Crippen LogP contribution >= 0.6 is 0 Å². The third kappa shape index (κ3) is 4.54. The number of amides is 1. The molecular formula is C19H26N4O5S. The maximum atomic E-state index is 12.9. The number of H-pyrrole nitrogens is 1. The van der Waals surface area contributed by atoms with E-state index in [1.54, 1.807) is 30.9 Å². The summed E-state index contributed by atoms with van der Waals surface area (Å²) in [4.78, 5) is 14.3. The van der Waals surface area contributed by atoms with Crippen molar-refractivity contribution in [3.05, 3.63) is 35.7 Å². The Morgan fingerprint density at radius 2 is 1.72 bits per heavy atom. The standard InChI is InChI=1S/C19H26N4O5S/c1-4-27-16-7-5-6-8-17(16)28-13-18(24)22-9-11-23(12-10-22)29(25,26)19-14(2)20-21-15(19)3/h5-8H,4,9-13H2,1-3H3,(H,20,21). The Labute approximate surface area is 170 Å². The molecule has 1 amide bonds. The fourth-order valence-electron chi connectivity index (χ4n) is 3.30. The first kappa shape index (κ1) is 21.1. The molecule has 0 spiro atoms. The molecule has 9 nitrogen and oxygen atoms in total. The minimum Gasteiger partial charge on any atom is -0.490 e. The third-order valence-corrected chi connectivity index (χ3v) is 6.91. The number of aromatic nitrogens is 2. The van der Waals surface area contributed by atoms with Crippen molar-refractivity contribution in [3.63, 3.8) is 0 Å². The molecule has 2 heterocycles. The highest BCUT2D eigenvalue weighted by Crippen LogP contribution is 2.26. The van der Waals surface area contributed by atoms with Crippen LogP contribution in [0.25, 0.3) is 0 Å². The summed E-state index contributed by atoms with van der Waals surface area (Å²) in [5.74, 6) is 0.906. The maximum Gasteiger partial charge on any atom is 0.260 e. The van der Waals surface area contributed by atoms with E-state index in [0.29, 0.717) is 42.6 Å². The Morgan fingerprint density at radius 1 is 1.10 bits per heavy atom. The molecule has 3 rings (SSSR count). The van der Waals surface area contributed by atoms with E-state index in [4.69, 9.17) is 9.47 Å². The second-order valence-corrected chi connectivity index (χ2v) is 8.59. The average molecular weight is 423 g/mol. The van der Waals surface area contributed by atoms with E-state index < -0.39 is 10.0 Å². The molecule has 1 fully saturated rings. The molecule has 0 aliphatic carbocycles. The van der Waals surface area contributed by atoms with Crippen molar-refractivity contribution in [2.45, 2.75) is 25.7 Å². The number of para-hydroxylation sites is 2. The number of carbonyl (C=O) groups excluding carboxylic acids is 1.